The van der Waals surface area contributed by atoms with E-state index in [9.17, 15) is 9.18 Å². The van der Waals surface area contributed by atoms with Crippen LogP contribution in [0.15, 0.2) is 66.9 Å². The molecule has 0 saturated carbocycles. The maximum absolute atomic E-state index is 13.7. The standard InChI is InChI=1S/C22H15ClFNO4/c23-17-10-14(11-19-22(17)28-13-27-19)7-8-20(26)29-21(18-6-1-2-9-25-18)15-4-3-5-16(24)12-15/h1-12,21H,13H2. The number of pyridine rings is 1. The SMILES string of the molecule is O=C(C=Cc1cc(Cl)c2c(c1)OCO2)OC(c1cccc(F)c1)c1ccccn1. The van der Waals surface area contributed by atoms with Gasteiger partial charge in [-0.05, 0) is 48.0 Å². The third-order valence-electron chi connectivity index (χ3n) is 4.20. The summed E-state index contributed by atoms with van der Waals surface area (Å²) in [6, 6.07) is 14.5. The Morgan fingerprint density at radius 3 is 2.86 bits per heavy atom. The van der Waals surface area contributed by atoms with E-state index in [0.717, 1.165) is 0 Å². The minimum Gasteiger partial charge on any atom is -0.454 e. The molecular weight excluding hydrogens is 397 g/mol. The number of hydrogen-bond donors (Lipinski definition) is 0. The Balaban J connectivity index is 1.56. The van der Waals surface area contributed by atoms with Crippen LogP contribution in [0.3, 0.4) is 0 Å². The quantitative estimate of drug-likeness (QED) is 0.439. The zero-order valence-electron chi connectivity index (χ0n) is 15.0. The van der Waals surface area contributed by atoms with Gasteiger partial charge in [0.05, 0.1) is 10.7 Å². The van der Waals surface area contributed by atoms with Crippen molar-refractivity contribution in [3.05, 3.63) is 94.5 Å². The molecule has 1 unspecified atom stereocenters. The number of benzene rings is 2. The molecule has 0 amide bonds. The van der Waals surface area contributed by atoms with Gasteiger partial charge < -0.3 is 14.2 Å². The van der Waals surface area contributed by atoms with Crippen LogP contribution in [0.2, 0.25) is 5.02 Å². The molecular formula is C22H15ClFNO4. The number of carbonyl (C=O) groups excluding carboxylic acids is 1. The first-order chi connectivity index (χ1) is 14.1. The van der Waals surface area contributed by atoms with E-state index in [4.69, 9.17) is 25.8 Å². The van der Waals surface area contributed by atoms with Crippen molar-refractivity contribution in [1.29, 1.82) is 0 Å². The zero-order valence-corrected chi connectivity index (χ0v) is 15.8. The lowest BCUT2D eigenvalue weighted by molar-refractivity contribution is -0.141. The molecule has 1 aliphatic rings. The number of halogens is 2. The van der Waals surface area contributed by atoms with Crippen molar-refractivity contribution in [2.24, 2.45) is 0 Å². The van der Waals surface area contributed by atoms with Gasteiger partial charge in [-0.1, -0.05) is 29.8 Å². The third kappa shape index (κ3) is 4.38. The van der Waals surface area contributed by atoms with Crippen LogP contribution >= 0.6 is 11.6 Å². The van der Waals surface area contributed by atoms with E-state index >= 15 is 0 Å². The molecule has 146 valence electrons. The molecule has 0 aliphatic carbocycles. The predicted molar refractivity (Wildman–Crippen MR) is 105 cm³/mol. The molecule has 2 heterocycles. The van der Waals surface area contributed by atoms with Crippen LogP contribution in [0.1, 0.15) is 22.9 Å². The Morgan fingerprint density at radius 1 is 1.17 bits per heavy atom. The molecule has 1 atom stereocenters. The fourth-order valence-electron chi connectivity index (χ4n) is 2.90. The summed E-state index contributed by atoms with van der Waals surface area (Å²) < 4.78 is 29.8. The van der Waals surface area contributed by atoms with Crippen LogP contribution in [0.25, 0.3) is 6.08 Å². The summed E-state index contributed by atoms with van der Waals surface area (Å²) in [7, 11) is 0. The minimum atomic E-state index is -0.843. The fraction of sp³-hybridized carbons (Fsp3) is 0.0909. The van der Waals surface area contributed by atoms with Gasteiger partial charge in [0.25, 0.3) is 0 Å². The van der Waals surface area contributed by atoms with Crippen LogP contribution in [0.4, 0.5) is 4.39 Å². The number of aromatic nitrogens is 1. The molecule has 1 aromatic heterocycles. The van der Waals surface area contributed by atoms with Crippen molar-refractivity contribution in [3.63, 3.8) is 0 Å². The van der Waals surface area contributed by atoms with Gasteiger partial charge >= 0.3 is 5.97 Å². The van der Waals surface area contributed by atoms with Crippen molar-refractivity contribution in [2.75, 3.05) is 6.79 Å². The second-order valence-corrected chi connectivity index (χ2v) is 6.60. The Kier molecular flexibility index (Phi) is 5.44. The highest BCUT2D eigenvalue weighted by Gasteiger charge is 2.20. The van der Waals surface area contributed by atoms with E-state index in [1.807, 2.05) is 0 Å². The Hall–Kier alpha value is -3.38. The molecule has 3 aromatic rings. The lowest BCUT2D eigenvalue weighted by Gasteiger charge is -2.17. The van der Waals surface area contributed by atoms with Crippen LogP contribution in [-0.4, -0.2) is 17.7 Å². The van der Waals surface area contributed by atoms with Gasteiger partial charge in [0.15, 0.2) is 17.6 Å². The lowest BCUT2D eigenvalue weighted by Crippen LogP contribution is -2.12. The van der Waals surface area contributed by atoms with Crippen molar-refractivity contribution < 1.29 is 23.4 Å². The highest BCUT2D eigenvalue weighted by atomic mass is 35.5. The maximum atomic E-state index is 13.7. The molecule has 1 aliphatic heterocycles. The van der Waals surface area contributed by atoms with E-state index in [1.54, 1.807) is 54.7 Å². The van der Waals surface area contributed by atoms with Gasteiger partial charge in [-0.3, -0.25) is 4.98 Å². The van der Waals surface area contributed by atoms with Crippen molar-refractivity contribution >= 4 is 23.6 Å². The Morgan fingerprint density at radius 2 is 2.07 bits per heavy atom. The van der Waals surface area contributed by atoms with Gasteiger partial charge in [0.1, 0.15) is 5.82 Å². The van der Waals surface area contributed by atoms with E-state index in [1.165, 1.54) is 18.2 Å². The average molecular weight is 412 g/mol. The van der Waals surface area contributed by atoms with Gasteiger partial charge in [0.2, 0.25) is 6.79 Å². The second kappa shape index (κ2) is 8.32. The Bertz CT molecular complexity index is 1070. The number of ether oxygens (including phenoxy) is 3. The van der Waals surface area contributed by atoms with E-state index in [2.05, 4.69) is 4.98 Å². The molecule has 0 bridgehead atoms. The predicted octanol–water partition coefficient (Wildman–Crippen LogP) is 4.95. The first-order valence-electron chi connectivity index (χ1n) is 8.74. The molecule has 0 saturated heterocycles. The fourth-order valence-corrected chi connectivity index (χ4v) is 3.18. The zero-order chi connectivity index (χ0) is 20.2. The average Bonchev–Trinajstić information content (AvgIpc) is 3.20. The summed E-state index contributed by atoms with van der Waals surface area (Å²) in [6.45, 7) is 0.101. The summed E-state index contributed by atoms with van der Waals surface area (Å²) in [5, 5.41) is 0.388. The number of rotatable bonds is 5. The van der Waals surface area contributed by atoms with Gasteiger partial charge in [-0.15, -0.1) is 0 Å². The molecule has 0 fully saturated rings. The van der Waals surface area contributed by atoms with Crippen molar-refractivity contribution in [1.82, 2.24) is 4.98 Å². The number of carbonyl (C=O) groups is 1. The second-order valence-electron chi connectivity index (χ2n) is 6.20. The highest BCUT2D eigenvalue weighted by molar-refractivity contribution is 6.32. The monoisotopic (exact) mass is 411 g/mol. The number of esters is 1. The molecule has 0 spiro atoms. The van der Waals surface area contributed by atoms with E-state index in [-0.39, 0.29) is 6.79 Å². The van der Waals surface area contributed by atoms with E-state index < -0.39 is 17.9 Å². The van der Waals surface area contributed by atoms with Gasteiger partial charge in [-0.2, -0.15) is 0 Å². The molecule has 4 rings (SSSR count). The summed E-state index contributed by atoms with van der Waals surface area (Å²) in [5.74, 6) is -0.0481. The molecule has 29 heavy (non-hydrogen) atoms. The molecule has 7 heteroatoms. The molecule has 0 radical (unpaired) electrons. The van der Waals surface area contributed by atoms with Crippen molar-refractivity contribution in [2.45, 2.75) is 6.10 Å². The topological polar surface area (TPSA) is 57.7 Å². The highest BCUT2D eigenvalue weighted by Crippen LogP contribution is 2.40. The smallest absolute Gasteiger partial charge is 0.331 e. The third-order valence-corrected chi connectivity index (χ3v) is 4.48. The van der Waals surface area contributed by atoms with Crippen molar-refractivity contribution in [3.8, 4) is 11.5 Å². The molecule has 0 N–H and O–H groups in total. The lowest BCUT2D eigenvalue weighted by atomic mass is 10.1. The van der Waals surface area contributed by atoms with Crippen LogP contribution in [0.5, 0.6) is 11.5 Å². The number of hydrogen-bond acceptors (Lipinski definition) is 5. The van der Waals surface area contributed by atoms with Crippen LogP contribution < -0.4 is 9.47 Å². The summed E-state index contributed by atoms with van der Waals surface area (Å²) in [5.41, 5.74) is 1.62. The Labute approximate surface area is 171 Å². The normalized spacial score (nSPS) is 13.4. The summed E-state index contributed by atoms with van der Waals surface area (Å²) in [4.78, 5) is 16.7. The largest absolute Gasteiger partial charge is 0.454 e. The first-order valence-corrected chi connectivity index (χ1v) is 9.12. The first kappa shape index (κ1) is 19.0. The van der Waals surface area contributed by atoms with Crippen LogP contribution in [-0.2, 0) is 9.53 Å². The minimum absolute atomic E-state index is 0.101. The number of fused-ring (bicyclic) bond motifs is 1. The van der Waals surface area contributed by atoms with Crippen LogP contribution in [0, 0.1) is 5.82 Å². The van der Waals surface area contributed by atoms with E-state index in [0.29, 0.717) is 33.3 Å². The summed E-state index contributed by atoms with van der Waals surface area (Å²) >= 11 is 6.15. The number of nitrogens with zero attached hydrogens (tertiary/aromatic N) is 1. The maximum Gasteiger partial charge on any atom is 0.331 e. The van der Waals surface area contributed by atoms with Gasteiger partial charge in [0, 0.05) is 17.8 Å². The molecule has 5 nitrogen and oxygen atoms in total. The summed E-state index contributed by atoms with van der Waals surface area (Å²) in [6.07, 6.45) is 3.56. The molecule has 2 aromatic carbocycles. The van der Waals surface area contributed by atoms with Gasteiger partial charge in [-0.25, -0.2) is 9.18 Å².